The summed E-state index contributed by atoms with van der Waals surface area (Å²) in [7, 11) is 0. The highest BCUT2D eigenvalue weighted by molar-refractivity contribution is 5.96. The number of carbonyl (C=O) groups excluding carboxylic acids is 1. The molecule has 0 amide bonds. The Labute approximate surface area is 121 Å². The Morgan fingerprint density at radius 2 is 1.81 bits per heavy atom. The lowest BCUT2D eigenvalue weighted by Crippen LogP contribution is -2.29. The Kier molecular flexibility index (Phi) is 5.15. The van der Waals surface area contributed by atoms with E-state index in [0.717, 1.165) is 6.07 Å². The average Bonchev–Trinajstić information content (AvgIpc) is 2.24. The number of ketones is 1. The van der Waals surface area contributed by atoms with Crippen LogP contribution in [0.25, 0.3) is 0 Å². The van der Waals surface area contributed by atoms with Gasteiger partial charge in [0.15, 0.2) is 5.78 Å². The molecule has 1 rings (SSSR count). The first-order chi connectivity index (χ1) is 9.40. The Balaban J connectivity index is 2.89. The molecule has 1 aromatic rings. The van der Waals surface area contributed by atoms with Gasteiger partial charge >= 0.3 is 6.18 Å². The quantitative estimate of drug-likeness (QED) is 0.670. The third-order valence-corrected chi connectivity index (χ3v) is 2.92. The number of halogens is 4. The minimum absolute atomic E-state index is 0.0692. The van der Waals surface area contributed by atoms with Gasteiger partial charge in [-0.3, -0.25) is 4.79 Å². The molecule has 0 aliphatic heterocycles. The average molecular weight is 305 g/mol. The van der Waals surface area contributed by atoms with Gasteiger partial charge in [0.25, 0.3) is 0 Å². The van der Waals surface area contributed by atoms with E-state index in [1.165, 1.54) is 0 Å². The van der Waals surface area contributed by atoms with E-state index in [1.807, 2.05) is 20.8 Å². The van der Waals surface area contributed by atoms with Gasteiger partial charge in [0.2, 0.25) is 0 Å². The van der Waals surface area contributed by atoms with E-state index in [2.05, 4.69) is 0 Å². The van der Waals surface area contributed by atoms with E-state index in [1.54, 1.807) is 0 Å². The summed E-state index contributed by atoms with van der Waals surface area (Å²) >= 11 is 0. The molecule has 1 atom stereocenters. The Bertz CT molecular complexity index is 517. The first-order valence-corrected chi connectivity index (χ1v) is 6.56. The lowest BCUT2D eigenvalue weighted by molar-refractivity contribution is -0.140. The number of carbonyl (C=O) groups is 1. The summed E-state index contributed by atoms with van der Waals surface area (Å²) in [5, 5.41) is 0. The fourth-order valence-electron chi connectivity index (χ4n) is 2.13. The van der Waals surface area contributed by atoms with Crippen LogP contribution in [0.4, 0.5) is 17.6 Å². The lowest BCUT2D eigenvalue weighted by Gasteiger charge is -2.22. The van der Waals surface area contributed by atoms with Crippen LogP contribution in [-0.4, -0.2) is 11.8 Å². The van der Waals surface area contributed by atoms with E-state index < -0.39 is 29.4 Å². The molecule has 118 valence electrons. The Hall–Kier alpha value is -1.43. The van der Waals surface area contributed by atoms with E-state index in [0.29, 0.717) is 18.6 Å². The van der Waals surface area contributed by atoms with Gasteiger partial charge in [-0.2, -0.15) is 13.2 Å². The number of benzene rings is 1. The third-order valence-electron chi connectivity index (χ3n) is 2.92. The number of Topliss-reactive ketones (excluding diaryl/α,β-unsaturated/α-hetero) is 1. The SMILES string of the molecule is CC(C)(C)CC(N)CC(=O)c1ccc(F)c(C(F)(F)F)c1. The molecule has 0 heterocycles. The summed E-state index contributed by atoms with van der Waals surface area (Å²) in [5.41, 5.74) is 4.15. The summed E-state index contributed by atoms with van der Waals surface area (Å²) in [4.78, 5) is 12.0. The van der Waals surface area contributed by atoms with Crippen LogP contribution in [0.15, 0.2) is 18.2 Å². The van der Waals surface area contributed by atoms with Crippen molar-refractivity contribution in [1.29, 1.82) is 0 Å². The van der Waals surface area contributed by atoms with Gasteiger partial charge in [-0.1, -0.05) is 20.8 Å². The number of hydrogen-bond donors (Lipinski definition) is 1. The van der Waals surface area contributed by atoms with Crippen LogP contribution in [0.2, 0.25) is 0 Å². The van der Waals surface area contributed by atoms with Crippen molar-refractivity contribution in [1.82, 2.24) is 0 Å². The molecule has 0 radical (unpaired) electrons. The summed E-state index contributed by atoms with van der Waals surface area (Å²) in [6.07, 6.45) is -4.33. The van der Waals surface area contributed by atoms with Crippen molar-refractivity contribution < 1.29 is 22.4 Å². The van der Waals surface area contributed by atoms with E-state index in [4.69, 9.17) is 5.73 Å². The highest BCUT2D eigenvalue weighted by Gasteiger charge is 2.34. The van der Waals surface area contributed by atoms with Crippen LogP contribution < -0.4 is 5.73 Å². The molecule has 0 saturated heterocycles. The topological polar surface area (TPSA) is 43.1 Å². The van der Waals surface area contributed by atoms with Crippen molar-refractivity contribution >= 4 is 5.78 Å². The summed E-state index contributed by atoms with van der Waals surface area (Å²) in [5.74, 6) is -1.91. The molecule has 0 aliphatic rings. The molecule has 0 fully saturated rings. The molecule has 2 nitrogen and oxygen atoms in total. The molecule has 2 N–H and O–H groups in total. The molecular weight excluding hydrogens is 286 g/mol. The molecule has 0 aliphatic carbocycles. The highest BCUT2D eigenvalue weighted by atomic mass is 19.4. The van der Waals surface area contributed by atoms with Gasteiger partial charge in [0.05, 0.1) is 5.56 Å². The fraction of sp³-hybridized carbons (Fsp3) is 0.533. The second kappa shape index (κ2) is 6.13. The molecule has 0 bridgehead atoms. The van der Waals surface area contributed by atoms with Gasteiger partial charge in [-0.25, -0.2) is 4.39 Å². The number of alkyl halides is 3. The standard InChI is InChI=1S/C15H19F4NO/c1-14(2,3)8-10(20)7-13(21)9-4-5-12(16)11(6-9)15(17,18)19/h4-6,10H,7-8,20H2,1-3H3. The molecule has 6 heteroatoms. The van der Waals surface area contributed by atoms with E-state index >= 15 is 0 Å². The smallest absolute Gasteiger partial charge is 0.327 e. The van der Waals surface area contributed by atoms with Crippen LogP contribution in [-0.2, 0) is 6.18 Å². The number of hydrogen-bond acceptors (Lipinski definition) is 2. The molecule has 1 unspecified atom stereocenters. The van der Waals surface area contributed by atoms with Gasteiger partial charge in [0.1, 0.15) is 5.82 Å². The summed E-state index contributed by atoms with van der Waals surface area (Å²) < 4.78 is 51.0. The van der Waals surface area contributed by atoms with Crippen molar-refractivity contribution in [3.05, 3.63) is 35.1 Å². The van der Waals surface area contributed by atoms with Crippen molar-refractivity contribution in [2.45, 2.75) is 45.8 Å². The third kappa shape index (κ3) is 5.46. The lowest BCUT2D eigenvalue weighted by atomic mass is 9.86. The number of rotatable bonds is 4. The predicted molar refractivity (Wildman–Crippen MR) is 72.4 cm³/mol. The molecule has 0 spiro atoms. The van der Waals surface area contributed by atoms with Crippen molar-refractivity contribution in [3.8, 4) is 0 Å². The zero-order valence-corrected chi connectivity index (χ0v) is 12.2. The largest absolute Gasteiger partial charge is 0.419 e. The van der Waals surface area contributed by atoms with Crippen LogP contribution >= 0.6 is 0 Å². The molecular formula is C15H19F4NO. The predicted octanol–water partition coefficient (Wildman–Crippen LogP) is 4.18. The van der Waals surface area contributed by atoms with Gasteiger partial charge in [-0.15, -0.1) is 0 Å². The molecule has 0 aromatic heterocycles. The first kappa shape index (κ1) is 17.6. The Morgan fingerprint density at radius 1 is 1.24 bits per heavy atom. The number of nitrogens with two attached hydrogens (primary N) is 1. The Morgan fingerprint density at radius 3 is 2.29 bits per heavy atom. The van der Waals surface area contributed by atoms with E-state index in [9.17, 15) is 22.4 Å². The zero-order valence-electron chi connectivity index (χ0n) is 12.2. The molecule has 21 heavy (non-hydrogen) atoms. The zero-order chi connectivity index (χ0) is 16.4. The minimum Gasteiger partial charge on any atom is -0.327 e. The van der Waals surface area contributed by atoms with Gasteiger partial charge in [0, 0.05) is 18.0 Å². The van der Waals surface area contributed by atoms with E-state index in [-0.39, 0.29) is 17.4 Å². The van der Waals surface area contributed by atoms with Gasteiger partial charge in [-0.05, 0) is 30.0 Å². The summed E-state index contributed by atoms with van der Waals surface area (Å²) in [6, 6.07) is 1.81. The molecule has 1 aromatic carbocycles. The maximum Gasteiger partial charge on any atom is 0.419 e. The normalized spacial score (nSPS) is 14.1. The van der Waals surface area contributed by atoms with Crippen LogP contribution in [0.5, 0.6) is 0 Å². The van der Waals surface area contributed by atoms with Crippen LogP contribution in [0.1, 0.15) is 49.5 Å². The maximum atomic E-state index is 13.2. The highest BCUT2D eigenvalue weighted by Crippen LogP contribution is 2.32. The minimum atomic E-state index is -4.83. The fourth-order valence-corrected chi connectivity index (χ4v) is 2.13. The molecule has 0 saturated carbocycles. The van der Waals surface area contributed by atoms with Gasteiger partial charge < -0.3 is 5.73 Å². The van der Waals surface area contributed by atoms with Crippen LogP contribution in [0, 0.1) is 11.2 Å². The first-order valence-electron chi connectivity index (χ1n) is 6.56. The van der Waals surface area contributed by atoms with Crippen molar-refractivity contribution in [3.63, 3.8) is 0 Å². The maximum absolute atomic E-state index is 13.2. The summed E-state index contributed by atoms with van der Waals surface area (Å²) in [6.45, 7) is 5.87. The van der Waals surface area contributed by atoms with Crippen LogP contribution in [0.3, 0.4) is 0 Å². The van der Waals surface area contributed by atoms with Crippen molar-refractivity contribution in [2.75, 3.05) is 0 Å². The second-order valence-corrected chi connectivity index (χ2v) is 6.34. The van der Waals surface area contributed by atoms with Crippen molar-refractivity contribution in [2.24, 2.45) is 11.1 Å². The monoisotopic (exact) mass is 305 g/mol. The second-order valence-electron chi connectivity index (χ2n) is 6.34.